The quantitative estimate of drug-likeness (QED) is 0.451. The number of pyridine rings is 1. The molecule has 0 saturated carbocycles. The van der Waals surface area contributed by atoms with Crippen LogP contribution >= 0.6 is 27.7 Å². The van der Waals surface area contributed by atoms with Crippen molar-refractivity contribution in [2.45, 2.75) is 6.61 Å². The molecule has 1 amide bonds. The lowest BCUT2D eigenvalue weighted by molar-refractivity contribution is -0.114. The van der Waals surface area contributed by atoms with Crippen LogP contribution in [0.25, 0.3) is 6.08 Å². The van der Waals surface area contributed by atoms with E-state index in [1.54, 1.807) is 54.9 Å². The van der Waals surface area contributed by atoms with Gasteiger partial charge in [-0.05, 0) is 81.3 Å². The van der Waals surface area contributed by atoms with Crippen molar-refractivity contribution in [1.29, 1.82) is 5.41 Å². The second kappa shape index (κ2) is 9.32. The molecule has 3 heterocycles. The molecule has 0 atom stereocenters. The van der Waals surface area contributed by atoms with Crippen LogP contribution in [0.4, 0.5) is 4.39 Å². The molecule has 0 fully saturated rings. The third-order valence-corrected chi connectivity index (χ3v) is 6.51. The van der Waals surface area contributed by atoms with Crippen molar-refractivity contribution in [1.82, 2.24) is 9.99 Å². The average Bonchev–Trinajstić information content (AvgIpc) is 3.27. The first-order chi connectivity index (χ1) is 16.5. The minimum absolute atomic E-state index is 0.0471. The summed E-state index contributed by atoms with van der Waals surface area (Å²) in [6.07, 6.45) is 4.93. The summed E-state index contributed by atoms with van der Waals surface area (Å²) in [5, 5.41) is 15.3. The van der Waals surface area contributed by atoms with Crippen LogP contribution in [0.3, 0.4) is 0 Å². The zero-order valence-corrected chi connectivity index (χ0v) is 19.8. The number of hydrogen-bond acceptors (Lipinski definition) is 6. The molecule has 7 nitrogen and oxygen atoms in total. The molecule has 2 aliphatic heterocycles. The third kappa shape index (κ3) is 4.55. The molecule has 0 saturated heterocycles. The number of benzene rings is 2. The number of thioether (sulfide) groups is 1. The Labute approximate surface area is 206 Å². The van der Waals surface area contributed by atoms with Gasteiger partial charge in [-0.1, -0.05) is 18.2 Å². The van der Waals surface area contributed by atoms with Gasteiger partial charge in [0.25, 0.3) is 5.91 Å². The molecule has 10 heteroatoms. The number of hydrazone groups is 1. The fraction of sp³-hybridized carbons (Fsp3) is 0.0417. The largest absolute Gasteiger partial charge is 0.488 e. The average molecular weight is 536 g/mol. The molecule has 0 bridgehead atoms. The number of carbonyl (C=O) groups is 1. The summed E-state index contributed by atoms with van der Waals surface area (Å²) in [6, 6.07) is 15.1. The van der Waals surface area contributed by atoms with E-state index in [4.69, 9.17) is 10.1 Å². The molecule has 168 valence electrons. The highest BCUT2D eigenvalue weighted by Crippen LogP contribution is 2.32. The van der Waals surface area contributed by atoms with Crippen molar-refractivity contribution in [3.63, 3.8) is 0 Å². The number of carbonyl (C=O) groups excluding carboxylic acids is 1. The van der Waals surface area contributed by atoms with Crippen LogP contribution < -0.4 is 4.74 Å². The van der Waals surface area contributed by atoms with Crippen molar-refractivity contribution in [3.8, 4) is 5.75 Å². The zero-order chi connectivity index (χ0) is 23.7. The van der Waals surface area contributed by atoms with Gasteiger partial charge >= 0.3 is 0 Å². The maximum Gasteiger partial charge on any atom is 0.283 e. The number of amidine groups is 2. The Morgan fingerprint density at radius 3 is 2.74 bits per heavy atom. The summed E-state index contributed by atoms with van der Waals surface area (Å²) in [5.74, 6) is -0.250. The van der Waals surface area contributed by atoms with Crippen molar-refractivity contribution >= 4 is 55.7 Å². The Kier molecular flexibility index (Phi) is 6.08. The van der Waals surface area contributed by atoms with Gasteiger partial charge in [0.2, 0.25) is 5.17 Å². The highest BCUT2D eigenvalue weighted by Gasteiger charge is 2.36. The van der Waals surface area contributed by atoms with E-state index < -0.39 is 5.91 Å². The van der Waals surface area contributed by atoms with E-state index in [9.17, 15) is 9.18 Å². The molecule has 2 aliphatic rings. The fourth-order valence-electron chi connectivity index (χ4n) is 3.23. The Morgan fingerprint density at radius 1 is 1.18 bits per heavy atom. The van der Waals surface area contributed by atoms with Crippen molar-refractivity contribution in [3.05, 3.63) is 99.5 Å². The summed E-state index contributed by atoms with van der Waals surface area (Å²) in [7, 11) is 0. The minimum atomic E-state index is -0.501. The summed E-state index contributed by atoms with van der Waals surface area (Å²) in [5.41, 5.74) is 2.45. The molecule has 0 unspecified atom stereocenters. The maximum atomic E-state index is 13.1. The fourth-order valence-corrected chi connectivity index (χ4v) is 4.62. The van der Waals surface area contributed by atoms with Gasteiger partial charge in [0.15, 0.2) is 5.84 Å². The monoisotopic (exact) mass is 535 g/mol. The van der Waals surface area contributed by atoms with Gasteiger partial charge in [0.1, 0.15) is 23.2 Å². The van der Waals surface area contributed by atoms with Gasteiger partial charge in [0.05, 0.1) is 10.0 Å². The van der Waals surface area contributed by atoms with E-state index in [0.29, 0.717) is 26.0 Å². The van der Waals surface area contributed by atoms with Crippen LogP contribution in [0.5, 0.6) is 5.75 Å². The first kappa shape index (κ1) is 22.2. The van der Waals surface area contributed by atoms with Gasteiger partial charge in [-0.15, -0.1) is 0 Å². The number of nitrogens with zero attached hydrogens (tertiary/aromatic N) is 4. The van der Waals surface area contributed by atoms with E-state index in [0.717, 1.165) is 11.1 Å². The van der Waals surface area contributed by atoms with Crippen LogP contribution in [0.15, 0.2) is 87.1 Å². The number of ether oxygens (including phenoxy) is 1. The molecular formula is C24H15BrFN5O2S. The lowest BCUT2D eigenvalue weighted by atomic mass is 10.1. The SMILES string of the molecule is N=C1/C(=C/c2ccc(OCc3ccc(F)cc3)c(Br)c2)C(=O)N=C2SC(c3cccnc3)=NN12. The number of rotatable bonds is 5. The Hall–Kier alpha value is -3.63. The first-order valence-electron chi connectivity index (χ1n) is 10.1. The van der Waals surface area contributed by atoms with E-state index >= 15 is 0 Å². The van der Waals surface area contributed by atoms with Crippen molar-refractivity contribution < 1.29 is 13.9 Å². The summed E-state index contributed by atoms with van der Waals surface area (Å²) in [4.78, 5) is 20.9. The van der Waals surface area contributed by atoms with Crippen molar-refractivity contribution in [2.24, 2.45) is 10.1 Å². The molecular weight excluding hydrogens is 521 g/mol. The van der Waals surface area contributed by atoms with Gasteiger partial charge in [-0.25, -0.2) is 4.39 Å². The predicted octanol–water partition coefficient (Wildman–Crippen LogP) is 5.23. The van der Waals surface area contributed by atoms with Gasteiger partial charge in [0, 0.05) is 18.0 Å². The number of amides is 1. The number of halogens is 2. The van der Waals surface area contributed by atoms with Crippen LogP contribution in [0.1, 0.15) is 16.7 Å². The summed E-state index contributed by atoms with van der Waals surface area (Å²) < 4.78 is 19.5. The molecule has 34 heavy (non-hydrogen) atoms. The number of aromatic nitrogens is 1. The van der Waals surface area contributed by atoms with Crippen LogP contribution in [-0.4, -0.2) is 31.9 Å². The highest BCUT2D eigenvalue weighted by atomic mass is 79.9. The van der Waals surface area contributed by atoms with Gasteiger partial charge < -0.3 is 4.74 Å². The second-order valence-electron chi connectivity index (χ2n) is 7.27. The molecule has 5 rings (SSSR count). The Bertz CT molecular complexity index is 1390. The van der Waals surface area contributed by atoms with Crippen molar-refractivity contribution in [2.75, 3.05) is 0 Å². The van der Waals surface area contributed by atoms with Gasteiger partial charge in [-0.3, -0.25) is 15.2 Å². The lowest BCUT2D eigenvalue weighted by Crippen LogP contribution is -2.35. The number of nitrogens with one attached hydrogen (secondary N) is 1. The zero-order valence-electron chi connectivity index (χ0n) is 17.4. The van der Waals surface area contributed by atoms with Gasteiger partial charge in [-0.2, -0.15) is 15.1 Å². The summed E-state index contributed by atoms with van der Waals surface area (Å²) in [6.45, 7) is 0.282. The second-order valence-corrected chi connectivity index (χ2v) is 9.08. The van der Waals surface area contributed by atoms with E-state index in [1.807, 2.05) is 6.07 Å². The molecule has 1 aromatic heterocycles. The topological polar surface area (TPSA) is 91.0 Å². The maximum absolute atomic E-state index is 13.1. The highest BCUT2D eigenvalue weighted by molar-refractivity contribution is 9.10. The third-order valence-electron chi connectivity index (χ3n) is 4.94. The standard InChI is InChI=1S/C24H15BrFN5O2S/c25-19-11-15(5-8-20(19)33-13-14-3-6-17(26)7-4-14)10-18-21(27)31-24(29-22(18)32)34-23(30-31)16-2-1-9-28-12-16/h1-12,27H,13H2/b18-10-,27-21?. The summed E-state index contributed by atoms with van der Waals surface area (Å²) >= 11 is 4.71. The van der Waals surface area contributed by atoms with E-state index in [-0.39, 0.29) is 23.8 Å². The number of hydrogen-bond donors (Lipinski definition) is 1. The van der Waals surface area contributed by atoms with Crippen LogP contribution in [-0.2, 0) is 11.4 Å². The number of fused-ring (bicyclic) bond motifs is 1. The molecule has 1 N–H and O–H groups in total. The molecule has 0 aliphatic carbocycles. The smallest absolute Gasteiger partial charge is 0.283 e. The molecule has 0 radical (unpaired) electrons. The lowest BCUT2D eigenvalue weighted by Gasteiger charge is -2.20. The minimum Gasteiger partial charge on any atom is -0.488 e. The normalized spacial score (nSPS) is 16.4. The van der Waals surface area contributed by atoms with E-state index in [2.05, 4.69) is 31.0 Å². The molecule has 0 spiro atoms. The molecule has 2 aromatic carbocycles. The molecule has 3 aromatic rings. The number of aliphatic imine (C=N–C) groups is 1. The van der Waals surface area contributed by atoms with Crippen LogP contribution in [0.2, 0.25) is 0 Å². The first-order valence-corrected chi connectivity index (χ1v) is 11.7. The van der Waals surface area contributed by atoms with E-state index in [1.165, 1.54) is 28.9 Å². The predicted molar refractivity (Wildman–Crippen MR) is 133 cm³/mol. The van der Waals surface area contributed by atoms with Crippen LogP contribution in [0, 0.1) is 11.2 Å². The Balaban J connectivity index is 1.35. The Morgan fingerprint density at radius 2 is 2.00 bits per heavy atom.